The molecule has 0 radical (unpaired) electrons. The fraction of sp³-hybridized carbons (Fsp3) is 0.333. The third-order valence-electron chi connectivity index (χ3n) is 6.66. The molecule has 0 atom stereocenters. The molecule has 0 saturated heterocycles. The zero-order valence-electron chi connectivity index (χ0n) is 23.4. The lowest BCUT2D eigenvalue weighted by atomic mass is 9.93. The number of amides is 1. The summed E-state index contributed by atoms with van der Waals surface area (Å²) < 4.78 is 21.8. The van der Waals surface area contributed by atoms with Crippen LogP contribution in [0.4, 0.5) is 4.39 Å². The van der Waals surface area contributed by atoms with Gasteiger partial charge in [0, 0.05) is 37.5 Å². The topological polar surface area (TPSA) is 99.6 Å². The summed E-state index contributed by atoms with van der Waals surface area (Å²) in [5.74, 6) is 0.298. The van der Waals surface area contributed by atoms with E-state index in [0.29, 0.717) is 63.3 Å². The molecule has 9 heteroatoms. The SMILES string of the molecule is Cc1cc(F)cc(C)c1Oc1ccc(C(C)(C)O)cc1-c1cn(C)c(=O)c2cc(C(=O)NCCN(C)C)[nH]c12. The minimum Gasteiger partial charge on any atom is -0.456 e. The zero-order valence-corrected chi connectivity index (χ0v) is 23.4. The predicted molar refractivity (Wildman–Crippen MR) is 151 cm³/mol. The van der Waals surface area contributed by atoms with E-state index in [4.69, 9.17) is 4.74 Å². The molecule has 3 N–H and O–H groups in total. The fourth-order valence-corrected chi connectivity index (χ4v) is 4.54. The fourth-order valence-electron chi connectivity index (χ4n) is 4.54. The summed E-state index contributed by atoms with van der Waals surface area (Å²) in [4.78, 5) is 31.1. The first kappa shape index (κ1) is 28.1. The molecule has 0 saturated carbocycles. The summed E-state index contributed by atoms with van der Waals surface area (Å²) in [7, 11) is 5.48. The number of likely N-dealkylation sites (N-methyl/N-ethyl adjacent to an activating group) is 1. The molecule has 8 nitrogen and oxygen atoms in total. The molecule has 2 heterocycles. The van der Waals surface area contributed by atoms with Gasteiger partial charge >= 0.3 is 0 Å². The number of pyridine rings is 1. The maximum absolute atomic E-state index is 14.0. The van der Waals surface area contributed by atoms with Crippen LogP contribution in [0.25, 0.3) is 22.0 Å². The Bertz CT molecular complexity index is 1590. The average Bonchev–Trinajstić information content (AvgIpc) is 3.29. The smallest absolute Gasteiger partial charge is 0.267 e. The van der Waals surface area contributed by atoms with Gasteiger partial charge in [-0.2, -0.15) is 0 Å². The number of aromatic nitrogens is 2. The van der Waals surface area contributed by atoms with Crippen LogP contribution in [0, 0.1) is 19.7 Å². The number of hydrogen-bond donors (Lipinski definition) is 3. The quantitative estimate of drug-likeness (QED) is 0.307. The lowest BCUT2D eigenvalue weighted by molar-refractivity contribution is 0.0786. The van der Waals surface area contributed by atoms with Gasteiger partial charge in [0.1, 0.15) is 23.0 Å². The van der Waals surface area contributed by atoms with E-state index in [2.05, 4.69) is 10.3 Å². The van der Waals surface area contributed by atoms with E-state index in [1.54, 1.807) is 65.2 Å². The number of nitrogens with one attached hydrogen (secondary N) is 2. The van der Waals surface area contributed by atoms with Gasteiger partial charge in [0.2, 0.25) is 0 Å². The van der Waals surface area contributed by atoms with E-state index < -0.39 is 5.60 Å². The second-order valence-electron chi connectivity index (χ2n) is 10.7. The summed E-state index contributed by atoms with van der Waals surface area (Å²) >= 11 is 0. The van der Waals surface area contributed by atoms with Crippen molar-refractivity contribution in [1.82, 2.24) is 19.8 Å². The molecule has 4 aromatic rings. The van der Waals surface area contributed by atoms with Crippen LogP contribution in [-0.4, -0.2) is 52.6 Å². The zero-order chi connectivity index (χ0) is 28.6. The molecule has 0 aliphatic rings. The minimum absolute atomic E-state index is 0.260. The van der Waals surface area contributed by atoms with Crippen LogP contribution >= 0.6 is 0 Å². The highest BCUT2D eigenvalue weighted by Gasteiger charge is 2.23. The van der Waals surface area contributed by atoms with Crippen LogP contribution in [0.5, 0.6) is 11.5 Å². The molecular formula is C30H35FN4O4. The number of aryl methyl sites for hydroxylation is 3. The number of hydrogen-bond acceptors (Lipinski definition) is 5. The highest BCUT2D eigenvalue weighted by atomic mass is 19.1. The van der Waals surface area contributed by atoms with Gasteiger partial charge in [-0.3, -0.25) is 9.59 Å². The molecule has 39 heavy (non-hydrogen) atoms. The van der Waals surface area contributed by atoms with Crippen LogP contribution in [0.3, 0.4) is 0 Å². The molecule has 0 bridgehead atoms. The van der Waals surface area contributed by atoms with Crippen molar-refractivity contribution in [2.75, 3.05) is 27.2 Å². The van der Waals surface area contributed by atoms with Crippen molar-refractivity contribution in [3.05, 3.63) is 81.2 Å². The number of benzene rings is 2. The Hall–Kier alpha value is -3.95. The highest BCUT2D eigenvalue weighted by Crippen LogP contribution is 2.40. The maximum atomic E-state index is 14.0. The number of aliphatic hydroxyl groups is 1. The van der Waals surface area contributed by atoms with Crippen LogP contribution < -0.4 is 15.6 Å². The van der Waals surface area contributed by atoms with E-state index in [9.17, 15) is 19.1 Å². The van der Waals surface area contributed by atoms with Crippen molar-refractivity contribution in [2.24, 2.45) is 7.05 Å². The van der Waals surface area contributed by atoms with Crippen molar-refractivity contribution in [1.29, 1.82) is 0 Å². The lowest BCUT2D eigenvalue weighted by Crippen LogP contribution is -2.31. The first-order chi connectivity index (χ1) is 18.3. The van der Waals surface area contributed by atoms with Gasteiger partial charge in [-0.15, -0.1) is 0 Å². The standard InChI is InChI=1S/C30H35FN4O4/c1-17-12-20(31)13-18(2)27(17)39-25-9-8-19(30(3,4)38)14-21(25)23-16-35(7)29(37)22-15-24(33-26(22)23)28(36)32-10-11-34(5)6/h8-9,12-16,33,38H,10-11H2,1-7H3,(H,32,36). The Balaban J connectivity index is 1.90. The van der Waals surface area contributed by atoms with Gasteiger partial charge in [0.05, 0.1) is 16.5 Å². The molecule has 4 rings (SSSR count). The number of ether oxygens (including phenoxy) is 1. The second-order valence-corrected chi connectivity index (χ2v) is 10.7. The monoisotopic (exact) mass is 534 g/mol. The van der Waals surface area contributed by atoms with Crippen molar-refractivity contribution in [3.8, 4) is 22.6 Å². The van der Waals surface area contributed by atoms with E-state index >= 15 is 0 Å². The van der Waals surface area contributed by atoms with Crippen LogP contribution in [-0.2, 0) is 12.6 Å². The Morgan fingerprint density at radius 1 is 1.13 bits per heavy atom. The van der Waals surface area contributed by atoms with E-state index in [1.165, 1.54) is 16.7 Å². The van der Waals surface area contributed by atoms with Gasteiger partial charge < -0.3 is 29.6 Å². The molecular weight excluding hydrogens is 499 g/mol. The molecule has 206 valence electrons. The number of nitrogens with zero attached hydrogens (tertiary/aromatic N) is 2. The van der Waals surface area contributed by atoms with Crippen LogP contribution in [0.2, 0.25) is 0 Å². The third kappa shape index (κ3) is 5.89. The Kier molecular flexibility index (Phi) is 7.68. The van der Waals surface area contributed by atoms with Gasteiger partial charge in [-0.05, 0) is 88.8 Å². The lowest BCUT2D eigenvalue weighted by Gasteiger charge is -2.22. The van der Waals surface area contributed by atoms with E-state index in [0.717, 1.165) is 0 Å². The van der Waals surface area contributed by atoms with Crippen LogP contribution in [0.1, 0.15) is 41.0 Å². The minimum atomic E-state index is -1.15. The molecule has 2 aromatic heterocycles. The summed E-state index contributed by atoms with van der Waals surface area (Å²) in [6, 6.07) is 9.69. The maximum Gasteiger partial charge on any atom is 0.267 e. The molecule has 0 fully saturated rings. The number of halogens is 1. The molecule has 0 unspecified atom stereocenters. The summed E-state index contributed by atoms with van der Waals surface area (Å²) in [5, 5.41) is 14.0. The second kappa shape index (κ2) is 10.7. The first-order valence-electron chi connectivity index (χ1n) is 12.7. The molecule has 2 aromatic carbocycles. The number of fused-ring (bicyclic) bond motifs is 1. The summed E-state index contributed by atoms with van der Waals surface area (Å²) in [5.41, 5.74) is 2.43. The van der Waals surface area contributed by atoms with Gasteiger partial charge in [0.15, 0.2) is 0 Å². The molecule has 0 spiro atoms. The number of aromatic amines is 1. The molecule has 0 aliphatic carbocycles. The number of rotatable bonds is 8. The van der Waals surface area contributed by atoms with E-state index in [1.807, 2.05) is 19.0 Å². The van der Waals surface area contributed by atoms with Crippen LogP contribution in [0.15, 0.2) is 47.4 Å². The summed E-state index contributed by atoms with van der Waals surface area (Å²) in [6.45, 7) is 8.03. The summed E-state index contributed by atoms with van der Waals surface area (Å²) in [6.07, 6.45) is 1.68. The van der Waals surface area contributed by atoms with Gasteiger partial charge in [0.25, 0.3) is 11.5 Å². The van der Waals surface area contributed by atoms with E-state index in [-0.39, 0.29) is 23.0 Å². The largest absolute Gasteiger partial charge is 0.456 e. The normalized spacial score (nSPS) is 11.8. The third-order valence-corrected chi connectivity index (χ3v) is 6.66. The first-order valence-corrected chi connectivity index (χ1v) is 12.7. The van der Waals surface area contributed by atoms with Crippen molar-refractivity contribution in [2.45, 2.75) is 33.3 Å². The molecule has 1 amide bonds. The number of carbonyl (C=O) groups is 1. The highest BCUT2D eigenvalue weighted by molar-refractivity contribution is 6.02. The number of H-pyrrole nitrogens is 1. The van der Waals surface area contributed by atoms with Crippen molar-refractivity contribution in [3.63, 3.8) is 0 Å². The van der Waals surface area contributed by atoms with Gasteiger partial charge in [-0.25, -0.2) is 4.39 Å². The van der Waals surface area contributed by atoms with Gasteiger partial charge in [-0.1, -0.05) is 6.07 Å². The predicted octanol–water partition coefficient (Wildman–Crippen LogP) is 4.60. The van der Waals surface area contributed by atoms with Crippen molar-refractivity contribution < 1.29 is 19.0 Å². The Morgan fingerprint density at radius 2 is 1.79 bits per heavy atom. The Morgan fingerprint density at radius 3 is 2.41 bits per heavy atom. The average molecular weight is 535 g/mol. The Labute approximate surface area is 227 Å². The number of carbonyl (C=O) groups excluding carboxylic acids is 1. The van der Waals surface area contributed by atoms with Crippen molar-refractivity contribution >= 4 is 16.8 Å². The molecule has 0 aliphatic heterocycles.